The number of anilines is 1. The molecule has 102 valence electrons. The molecule has 0 aliphatic heterocycles. The van der Waals surface area contributed by atoms with Crippen molar-refractivity contribution in [3.63, 3.8) is 0 Å². The van der Waals surface area contributed by atoms with Gasteiger partial charge in [0, 0.05) is 11.3 Å². The third-order valence-electron chi connectivity index (χ3n) is 3.08. The largest absolute Gasteiger partial charge is 0.321 e. The standard InChI is InChI=1S/C18H14N2O/c21-18(19-15-10-5-2-6-11-15)17-13-7-12-16(20-17)14-8-3-1-4-9-14/h1-13H,(H,19,21). The van der Waals surface area contributed by atoms with Crippen LogP contribution in [0, 0.1) is 0 Å². The van der Waals surface area contributed by atoms with E-state index in [1.54, 1.807) is 6.07 Å². The maximum atomic E-state index is 12.2. The molecule has 0 saturated carbocycles. The van der Waals surface area contributed by atoms with Crippen LogP contribution >= 0.6 is 0 Å². The quantitative estimate of drug-likeness (QED) is 0.784. The number of nitrogens with one attached hydrogen (secondary N) is 1. The van der Waals surface area contributed by atoms with Gasteiger partial charge in [-0.3, -0.25) is 4.79 Å². The van der Waals surface area contributed by atoms with Crippen LogP contribution < -0.4 is 5.32 Å². The lowest BCUT2D eigenvalue weighted by molar-refractivity contribution is 0.102. The van der Waals surface area contributed by atoms with Gasteiger partial charge in [0.1, 0.15) is 5.69 Å². The molecular weight excluding hydrogens is 260 g/mol. The van der Waals surface area contributed by atoms with Crippen molar-refractivity contribution in [2.24, 2.45) is 0 Å². The highest BCUT2D eigenvalue weighted by atomic mass is 16.1. The number of nitrogens with zero attached hydrogens (tertiary/aromatic N) is 1. The molecule has 0 saturated heterocycles. The fourth-order valence-corrected chi connectivity index (χ4v) is 2.05. The molecule has 21 heavy (non-hydrogen) atoms. The number of para-hydroxylation sites is 1. The minimum atomic E-state index is -0.209. The Morgan fingerprint density at radius 3 is 2.14 bits per heavy atom. The Bertz CT molecular complexity index is 739. The van der Waals surface area contributed by atoms with Crippen molar-refractivity contribution in [2.45, 2.75) is 0 Å². The molecule has 3 nitrogen and oxygen atoms in total. The van der Waals surface area contributed by atoms with Crippen LogP contribution in [0.5, 0.6) is 0 Å². The summed E-state index contributed by atoms with van der Waals surface area (Å²) in [6.45, 7) is 0. The Morgan fingerprint density at radius 1 is 0.762 bits per heavy atom. The first-order valence-electron chi connectivity index (χ1n) is 6.72. The molecule has 0 aliphatic carbocycles. The molecule has 1 N–H and O–H groups in total. The summed E-state index contributed by atoms with van der Waals surface area (Å²) in [7, 11) is 0. The first kappa shape index (κ1) is 13.1. The monoisotopic (exact) mass is 274 g/mol. The van der Waals surface area contributed by atoms with Crippen LogP contribution in [0.15, 0.2) is 78.9 Å². The number of carbonyl (C=O) groups is 1. The summed E-state index contributed by atoms with van der Waals surface area (Å²) in [6, 6.07) is 24.6. The molecule has 1 amide bonds. The van der Waals surface area contributed by atoms with Crippen LogP contribution in [0.1, 0.15) is 10.5 Å². The Hall–Kier alpha value is -2.94. The summed E-state index contributed by atoms with van der Waals surface area (Å²) >= 11 is 0. The molecule has 3 heteroatoms. The molecule has 3 rings (SSSR count). The smallest absolute Gasteiger partial charge is 0.274 e. The Morgan fingerprint density at radius 2 is 1.43 bits per heavy atom. The summed E-state index contributed by atoms with van der Waals surface area (Å²) in [5.41, 5.74) is 2.94. The maximum absolute atomic E-state index is 12.2. The van der Waals surface area contributed by atoms with Crippen LogP contribution in [0.2, 0.25) is 0 Å². The van der Waals surface area contributed by atoms with Crippen LogP contribution in [0.25, 0.3) is 11.3 Å². The lowest BCUT2D eigenvalue weighted by Gasteiger charge is -2.06. The zero-order chi connectivity index (χ0) is 14.5. The zero-order valence-corrected chi connectivity index (χ0v) is 11.4. The molecule has 0 fully saturated rings. The highest BCUT2D eigenvalue weighted by Crippen LogP contribution is 2.17. The predicted octanol–water partition coefficient (Wildman–Crippen LogP) is 4.00. The van der Waals surface area contributed by atoms with Crippen LogP contribution in [0.4, 0.5) is 5.69 Å². The second-order valence-corrected chi connectivity index (χ2v) is 4.59. The van der Waals surface area contributed by atoms with E-state index in [0.29, 0.717) is 5.69 Å². The average molecular weight is 274 g/mol. The molecule has 0 aliphatic rings. The van der Waals surface area contributed by atoms with Crippen molar-refractivity contribution in [3.05, 3.63) is 84.6 Å². The minimum Gasteiger partial charge on any atom is -0.321 e. The van der Waals surface area contributed by atoms with E-state index in [1.807, 2.05) is 72.8 Å². The second kappa shape index (κ2) is 6.01. The van der Waals surface area contributed by atoms with E-state index in [1.165, 1.54) is 0 Å². The van der Waals surface area contributed by atoms with E-state index in [4.69, 9.17) is 0 Å². The number of carbonyl (C=O) groups excluding carboxylic acids is 1. The molecule has 1 aromatic heterocycles. The number of hydrogen-bond acceptors (Lipinski definition) is 2. The summed E-state index contributed by atoms with van der Waals surface area (Å²) in [6.07, 6.45) is 0. The lowest BCUT2D eigenvalue weighted by Crippen LogP contribution is -2.13. The number of amides is 1. The number of rotatable bonds is 3. The van der Waals surface area contributed by atoms with Gasteiger partial charge >= 0.3 is 0 Å². The molecular formula is C18H14N2O. The van der Waals surface area contributed by atoms with Crippen molar-refractivity contribution >= 4 is 11.6 Å². The SMILES string of the molecule is O=C(Nc1ccccc1)c1cccc(-c2ccccc2)n1. The summed E-state index contributed by atoms with van der Waals surface area (Å²) in [4.78, 5) is 16.7. The summed E-state index contributed by atoms with van der Waals surface area (Å²) in [5, 5.41) is 2.84. The van der Waals surface area contributed by atoms with Gasteiger partial charge in [0.05, 0.1) is 5.69 Å². The van der Waals surface area contributed by atoms with Crippen LogP contribution in [0.3, 0.4) is 0 Å². The molecule has 3 aromatic rings. The summed E-state index contributed by atoms with van der Waals surface area (Å²) < 4.78 is 0. The van der Waals surface area contributed by atoms with Gasteiger partial charge in [-0.1, -0.05) is 54.6 Å². The summed E-state index contributed by atoms with van der Waals surface area (Å²) in [5.74, 6) is -0.209. The molecule has 1 heterocycles. The van der Waals surface area contributed by atoms with Gasteiger partial charge in [0.15, 0.2) is 0 Å². The van der Waals surface area contributed by atoms with E-state index >= 15 is 0 Å². The van der Waals surface area contributed by atoms with E-state index in [2.05, 4.69) is 10.3 Å². The topological polar surface area (TPSA) is 42.0 Å². The molecule has 0 unspecified atom stereocenters. The first-order valence-corrected chi connectivity index (χ1v) is 6.72. The van der Waals surface area contributed by atoms with Gasteiger partial charge in [0.25, 0.3) is 5.91 Å². The molecule has 0 radical (unpaired) electrons. The van der Waals surface area contributed by atoms with Crippen molar-refractivity contribution in [1.29, 1.82) is 0 Å². The molecule has 0 bridgehead atoms. The van der Waals surface area contributed by atoms with Crippen LogP contribution in [-0.2, 0) is 0 Å². The second-order valence-electron chi connectivity index (χ2n) is 4.59. The number of hydrogen-bond donors (Lipinski definition) is 1. The minimum absolute atomic E-state index is 0.209. The third-order valence-corrected chi connectivity index (χ3v) is 3.08. The molecule has 0 atom stereocenters. The van der Waals surface area contributed by atoms with Gasteiger partial charge in [-0.25, -0.2) is 4.98 Å². The van der Waals surface area contributed by atoms with Gasteiger partial charge < -0.3 is 5.32 Å². The van der Waals surface area contributed by atoms with Gasteiger partial charge in [-0.05, 0) is 24.3 Å². The van der Waals surface area contributed by atoms with E-state index in [9.17, 15) is 4.79 Å². The van der Waals surface area contributed by atoms with E-state index < -0.39 is 0 Å². The predicted molar refractivity (Wildman–Crippen MR) is 84.1 cm³/mol. The average Bonchev–Trinajstić information content (AvgIpc) is 2.57. The van der Waals surface area contributed by atoms with E-state index in [0.717, 1.165) is 16.9 Å². The Kier molecular flexibility index (Phi) is 3.74. The third kappa shape index (κ3) is 3.15. The van der Waals surface area contributed by atoms with E-state index in [-0.39, 0.29) is 5.91 Å². The number of aromatic nitrogens is 1. The van der Waals surface area contributed by atoms with Gasteiger partial charge in [0.2, 0.25) is 0 Å². The fraction of sp³-hybridized carbons (Fsp3) is 0. The zero-order valence-electron chi connectivity index (χ0n) is 11.4. The van der Waals surface area contributed by atoms with Crippen molar-refractivity contribution in [1.82, 2.24) is 4.98 Å². The lowest BCUT2D eigenvalue weighted by atomic mass is 10.1. The fourth-order valence-electron chi connectivity index (χ4n) is 2.05. The van der Waals surface area contributed by atoms with Crippen molar-refractivity contribution < 1.29 is 4.79 Å². The van der Waals surface area contributed by atoms with Crippen molar-refractivity contribution in [3.8, 4) is 11.3 Å². The Labute approximate surface area is 123 Å². The first-order chi connectivity index (χ1) is 10.3. The normalized spacial score (nSPS) is 10.1. The van der Waals surface area contributed by atoms with Gasteiger partial charge in [-0.2, -0.15) is 0 Å². The number of pyridine rings is 1. The number of benzene rings is 2. The Balaban J connectivity index is 1.85. The highest BCUT2D eigenvalue weighted by molar-refractivity contribution is 6.03. The molecule has 0 spiro atoms. The molecule has 2 aromatic carbocycles. The van der Waals surface area contributed by atoms with Crippen molar-refractivity contribution in [2.75, 3.05) is 5.32 Å². The highest BCUT2D eigenvalue weighted by Gasteiger charge is 2.09. The maximum Gasteiger partial charge on any atom is 0.274 e. The van der Waals surface area contributed by atoms with Gasteiger partial charge in [-0.15, -0.1) is 0 Å². The van der Waals surface area contributed by atoms with Crippen LogP contribution in [-0.4, -0.2) is 10.9 Å².